The normalized spacial score (nSPS) is 10.4. The molecule has 100 valence electrons. The molecule has 0 aliphatic heterocycles. The second-order valence-electron chi connectivity index (χ2n) is 4.46. The number of carboxylic acids is 1. The van der Waals surface area contributed by atoms with Gasteiger partial charge in [-0.25, -0.2) is 4.79 Å². The average molecular weight is 250 g/mol. The Hall–Kier alpha value is -1.71. The molecule has 0 atom stereocenters. The number of carbonyl (C=O) groups is 1. The highest BCUT2D eigenvalue weighted by molar-refractivity contribution is 5.95. The van der Waals surface area contributed by atoms with Gasteiger partial charge in [0.05, 0.1) is 5.56 Å². The van der Waals surface area contributed by atoms with E-state index in [4.69, 9.17) is 10.8 Å². The topological polar surface area (TPSA) is 66.6 Å². The number of aryl methyl sites for hydroxylation is 1. The summed E-state index contributed by atoms with van der Waals surface area (Å²) in [7, 11) is 0. The van der Waals surface area contributed by atoms with Crippen molar-refractivity contribution in [2.45, 2.75) is 33.6 Å². The second-order valence-corrected chi connectivity index (χ2v) is 4.46. The van der Waals surface area contributed by atoms with Crippen LogP contribution in [0.5, 0.6) is 0 Å². The Morgan fingerprint density at radius 1 is 1.39 bits per heavy atom. The lowest BCUT2D eigenvalue weighted by Gasteiger charge is -2.24. The van der Waals surface area contributed by atoms with Gasteiger partial charge in [0.15, 0.2) is 0 Å². The van der Waals surface area contributed by atoms with Crippen LogP contribution >= 0.6 is 0 Å². The molecule has 0 spiro atoms. The van der Waals surface area contributed by atoms with Crippen molar-refractivity contribution in [3.63, 3.8) is 0 Å². The highest BCUT2D eigenvalue weighted by Crippen LogP contribution is 2.25. The van der Waals surface area contributed by atoms with E-state index in [2.05, 4.69) is 18.7 Å². The zero-order valence-corrected chi connectivity index (χ0v) is 11.4. The maximum atomic E-state index is 11.2. The molecule has 0 heterocycles. The number of nitrogens with zero attached hydrogens (tertiary/aromatic N) is 1. The minimum Gasteiger partial charge on any atom is -0.478 e. The van der Waals surface area contributed by atoms with E-state index in [1.165, 1.54) is 0 Å². The standard InChI is InChI=1S/C14H22N2O2/c1-4-6-7-16(5-2)11-8-10(3)13(15)12(9-11)14(17)18/h8-9H,4-7,15H2,1-3H3,(H,17,18). The zero-order valence-electron chi connectivity index (χ0n) is 11.4. The molecular weight excluding hydrogens is 228 g/mol. The molecule has 0 aliphatic rings. The molecule has 3 N–H and O–H groups in total. The van der Waals surface area contributed by atoms with E-state index in [1.54, 1.807) is 6.07 Å². The van der Waals surface area contributed by atoms with Crippen molar-refractivity contribution in [2.75, 3.05) is 23.7 Å². The molecule has 18 heavy (non-hydrogen) atoms. The molecule has 1 aromatic carbocycles. The number of anilines is 2. The van der Waals surface area contributed by atoms with Gasteiger partial charge in [-0.15, -0.1) is 0 Å². The van der Waals surface area contributed by atoms with Crippen molar-refractivity contribution in [3.8, 4) is 0 Å². The van der Waals surface area contributed by atoms with Gasteiger partial charge >= 0.3 is 5.97 Å². The van der Waals surface area contributed by atoms with E-state index in [9.17, 15) is 4.79 Å². The van der Waals surface area contributed by atoms with E-state index in [0.29, 0.717) is 5.69 Å². The summed E-state index contributed by atoms with van der Waals surface area (Å²) in [6, 6.07) is 3.63. The van der Waals surface area contributed by atoms with Crippen LogP contribution in [0.2, 0.25) is 0 Å². The summed E-state index contributed by atoms with van der Waals surface area (Å²) >= 11 is 0. The van der Waals surface area contributed by atoms with E-state index in [-0.39, 0.29) is 5.56 Å². The largest absolute Gasteiger partial charge is 0.478 e. The van der Waals surface area contributed by atoms with Crippen molar-refractivity contribution in [2.24, 2.45) is 0 Å². The van der Waals surface area contributed by atoms with E-state index < -0.39 is 5.97 Å². The van der Waals surface area contributed by atoms with Crippen LogP contribution in [0.25, 0.3) is 0 Å². The van der Waals surface area contributed by atoms with Gasteiger partial charge in [-0.3, -0.25) is 0 Å². The van der Waals surface area contributed by atoms with Gasteiger partial charge in [0, 0.05) is 24.5 Å². The second kappa shape index (κ2) is 6.28. The van der Waals surface area contributed by atoms with E-state index in [1.807, 2.05) is 13.0 Å². The van der Waals surface area contributed by atoms with Crippen LogP contribution in [0.4, 0.5) is 11.4 Å². The maximum Gasteiger partial charge on any atom is 0.337 e. The highest BCUT2D eigenvalue weighted by Gasteiger charge is 2.14. The van der Waals surface area contributed by atoms with Crippen molar-refractivity contribution in [1.82, 2.24) is 0 Å². The molecule has 4 heteroatoms. The predicted molar refractivity (Wildman–Crippen MR) is 75.3 cm³/mol. The third-order valence-corrected chi connectivity index (χ3v) is 3.13. The SMILES string of the molecule is CCCCN(CC)c1cc(C)c(N)c(C(=O)O)c1. The maximum absolute atomic E-state index is 11.2. The molecule has 0 unspecified atom stereocenters. The minimum atomic E-state index is -0.969. The summed E-state index contributed by atoms with van der Waals surface area (Å²) in [6.45, 7) is 7.86. The molecule has 0 fully saturated rings. The van der Waals surface area contributed by atoms with Crippen molar-refractivity contribution < 1.29 is 9.90 Å². The number of aromatic carboxylic acids is 1. The molecule has 0 aromatic heterocycles. The molecule has 0 saturated carbocycles. The Labute approximate surface area is 108 Å². The van der Waals surface area contributed by atoms with Gasteiger partial charge in [0.1, 0.15) is 0 Å². The molecule has 0 aliphatic carbocycles. The molecular formula is C14H22N2O2. The first-order chi connectivity index (χ1) is 8.51. The summed E-state index contributed by atoms with van der Waals surface area (Å²) in [5, 5.41) is 9.15. The summed E-state index contributed by atoms with van der Waals surface area (Å²) in [6.07, 6.45) is 2.22. The van der Waals surface area contributed by atoms with Crippen LogP contribution in [0.15, 0.2) is 12.1 Å². The highest BCUT2D eigenvalue weighted by atomic mass is 16.4. The van der Waals surface area contributed by atoms with Crippen LogP contribution in [0, 0.1) is 6.92 Å². The van der Waals surface area contributed by atoms with Crippen LogP contribution in [-0.2, 0) is 0 Å². The van der Waals surface area contributed by atoms with Crippen LogP contribution < -0.4 is 10.6 Å². The summed E-state index contributed by atoms with van der Waals surface area (Å²) in [4.78, 5) is 13.3. The molecule has 0 bridgehead atoms. The number of unbranched alkanes of at least 4 members (excludes halogenated alkanes) is 1. The Morgan fingerprint density at radius 2 is 2.06 bits per heavy atom. The number of carboxylic acid groups (broad SMARTS) is 1. The number of nitrogen functional groups attached to an aromatic ring is 1. The molecule has 1 aromatic rings. The van der Waals surface area contributed by atoms with Gasteiger partial charge in [-0.05, 0) is 38.0 Å². The monoisotopic (exact) mass is 250 g/mol. The lowest BCUT2D eigenvalue weighted by molar-refractivity contribution is 0.0698. The van der Waals surface area contributed by atoms with Gasteiger partial charge in [-0.2, -0.15) is 0 Å². The average Bonchev–Trinajstić information content (AvgIpc) is 2.33. The fourth-order valence-corrected chi connectivity index (χ4v) is 1.96. The third-order valence-electron chi connectivity index (χ3n) is 3.13. The van der Waals surface area contributed by atoms with Crippen LogP contribution in [0.3, 0.4) is 0 Å². The van der Waals surface area contributed by atoms with Gasteiger partial charge < -0.3 is 15.7 Å². The van der Waals surface area contributed by atoms with Crippen LogP contribution in [0.1, 0.15) is 42.6 Å². The number of hydrogen-bond acceptors (Lipinski definition) is 3. The molecule has 1 rings (SSSR count). The predicted octanol–water partition coefficient (Wildman–Crippen LogP) is 2.90. The van der Waals surface area contributed by atoms with E-state index in [0.717, 1.165) is 37.2 Å². The van der Waals surface area contributed by atoms with Crippen molar-refractivity contribution in [3.05, 3.63) is 23.3 Å². The first-order valence-electron chi connectivity index (χ1n) is 6.39. The zero-order chi connectivity index (χ0) is 13.7. The summed E-state index contributed by atoms with van der Waals surface area (Å²) in [5.41, 5.74) is 8.11. The van der Waals surface area contributed by atoms with Gasteiger partial charge in [0.2, 0.25) is 0 Å². The quantitative estimate of drug-likeness (QED) is 0.762. The lowest BCUT2D eigenvalue weighted by atomic mass is 10.1. The minimum absolute atomic E-state index is 0.194. The van der Waals surface area contributed by atoms with Crippen molar-refractivity contribution >= 4 is 17.3 Å². The number of hydrogen-bond donors (Lipinski definition) is 2. The van der Waals surface area contributed by atoms with Crippen molar-refractivity contribution in [1.29, 1.82) is 0 Å². The fourth-order valence-electron chi connectivity index (χ4n) is 1.96. The number of nitrogens with two attached hydrogens (primary N) is 1. The van der Waals surface area contributed by atoms with E-state index >= 15 is 0 Å². The number of benzene rings is 1. The fraction of sp³-hybridized carbons (Fsp3) is 0.500. The molecule has 4 nitrogen and oxygen atoms in total. The first-order valence-corrected chi connectivity index (χ1v) is 6.39. The lowest BCUT2D eigenvalue weighted by Crippen LogP contribution is -2.24. The Balaban J connectivity index is 3.11. The molecule has 0 radical (unpaired) electrons. The summed E-state index contributed by atoms with van der Waals surface area (Å²) < 4.78 is 0. The first kappa shape index (κ1) is 14.4. The smallest absolute Gasteiger partial charge is 0.337 e. The number of rotatable bonds is 6. The van der Waals surface area contributed by atoms with Crippen LogP contribution in [-0.4, -0.2) is 24.2 Å². The Kier molecular flexibility index (Phi) is 5.01. The van der Waals surface area contributed by atoms with Gasteiger partial charge in [0.25, 0.3) is 0 Å². The third kappa shape index (κ3) is 3.15. The molecule has 0 amide bonds. The summed E-state index contributed by atoms with van der Waals surface area (Å²) in [5.74, 6) is -0.969. The Morgan fingerprint density at radius 3 is 2.56 bits per heavy atom. The molecule has 0 saturated heterocycles. The van der Waals surface area contributed by atoms with Gasteiger partial charge in [-0.1, -0.05) is 13.3 Å². The Bertz CT molecular complexity index is 430.